The van der Waals surface area contributed by atoms with Crippen LogP contribution < -0.4 is 15.0 Å². The van der Waals surface area contributed by atoms with E-state index in [4.69, 9.17) is 4.74 Å². The molecule has 1 N–H and O–H groups in total. The van der Waals surface area contributed by atoms with Crippen LogP contribution >= 0.6 is 15.9 Å². The highest BCUT2D eigenvalue weighted by Gasteiger charge is 2.35. The summed E-state index contributed by atoms with van der Waals surface area (Å²) >= 11 is 3.38. The van der Waals surface area contributed by atoms with E-state index in [0.29, 0.717) is 18.0 Å². The topological polar surface area (TPSA) is 58.6 Å². The summed E-state index contributed by atoms with van der Waals surface area (Å²) in [5, 5.41) is 2.85. The minimum absolute atomic E-state index is 0.0388. The van der Waals surface area contributed by atoms with Gasteiger partial charge in [0.05, 0.1) is 13.0 Å². The lowest BCUT2D eigenvalue weighted by molar-refractivity contribution is -0.122. The monoisotopic (exact) mass is 388 g/mol. The molecule has 5 nitrogen and oxygen atoms in total. The molecular formula is C18H17BrN2O3. The molecule has 1 saturated heterocycles. The average molecular weight is 389 g/mol. The second-order valence-electron chi connectivity index (χ2n) is 5.60. The Kier molecular flexibility index (Phi) is 4.85. The van der Waals surface area contributed by atoms with Crippen molar-refractivity contribution >= 4 is 39.1 Å². The van der Waals surface area contributed by atoms with Gasteiger partial charge in [-0.2, -0.15) is 0 Å². The van der Waals surface area contributed by atoms with E-state index in [0.717, 1.165) is 10.2 Å². The number of ether oxygens (including phenoxy) is 1. The standard InChI is InChI=1S/C18H17BrN2O3/c1-24-16-4-2-3-14(10-16)20-18(23)12-9-17(22)21(11-12)15-7-5-13(19)6-8-15/h2-8,10,12H,9,11H2,1H3,(H,20,23)/t12-/m0/s1. The van der Waals surface area contributed by atoms with Crippen LogP contribution in [-0.4, -0.2) is 25.5 Å². The van der Waals surface area contributed by atoms with Crippen molar-refractivity contribution in [2.45, 2.75) is 6.42 Å². The van der Waals surface area contributed by atoms with Gasteiger partial charge in [0.2, 0.25) is 11.8 Å². The van der Waals surface area contributed by atoms with E-state index in [9.17, 15) is 9.59 Å². The number of nitrogens with zero attached hydrogens (tertiary/aromatic N) is 1. The number of carbonyl (C=O) groups excluding carboxylic acids is 2. The van der Waals surface area contributed by atoms with Crippen molar-refractivity contribution in [2.75, 3.05) is 23.9 Å². The van der Waals surface area contributed by atoms with Crippen LogP contribution in [0.2, 0.25) is 0 Å². The van der Waals surface area contributed by atoms with Gasteiger partial charge >= 0.3 is 0 Å². The molecule has 24 heavy (non-hydrogen) atoms. The Morgan fingerprint density at radius 2 is 2.00 bits per heavy atom. The zero-order valence-corrected chi connectivity index (χ0v) is 14.7. The Labute approximate surface area is 148 Å². The van der Waals surface area contributed by atoms with Crippen molar-refractivity contribution in [1.82, 2.24) is 0 Å². The zero-order valence-electron chi connectivity index (χ0n) is 13.2. The summed E-state index contributed by atoms with van der Waals surface area (Å²) in [5.74, 6) is 0.110. The van der Waals surface area contributed by atoms with Gasteiger partial charge in [-0.05, 0) is 36.4 Å². The zero-order chi connectivity index (χ0) is 17.1. The van der Waals surface area contributed by atoms with Crippen molar-refractivity contribution in [3.8, 4) is 5.75 Å². The highest BCUT2D eigenvalue weighted by atomic mass is 79.9. The first-order valence-electron chi connectivity index (χ1n) is 7.57. The molecule has 0 aliphatic carbocycles. The lowest BCUT2D eigenvalue weighted by atomic mass is 10.1. The lowest BCUT2D eigenvalue weighted by Gasteiger charge is -2.17. The number of carbonyl (C=O) groups is 2. The fourth-order valence-corrected chi connectivity index (χ4v) is 2.96. The van der Waals surface area contributed by atoms with Gasteiger partial charge in [0.15, 0.2) is 0 Å². The SMILES string of the molecule is COc1cccc(NC(=O)[C@H]2CC(=O)N(c3ccc(Br)cc3)C2)c1. The summed E-state index contributed by atoms with van der Waals surface area (Å²) in [4.78, 5) is 26.3. The van der Waals surface area contributed by atoms with Crippen LogP contribution in [0.4, 0.5) is 11.4 Å². The number of halogens is 1. The van der Waals surface area contributed by atoms with Crippen LogP contribution in [0.5, 0.6) is 5.75 Å². The summed E-state index contributed by atoms with van der Waals surface area (Å²) in [6.07, 6.45) is 0.214. The highest BCUT2D eigenvalue weighted by molar-refractivity contribution is 9.10. The molecule has 1 aliphatic rings. The van der Waals surface area contributed by atoms with E-state index in [2.05, 4.69) is 21.2 Å². The lowest BCUT2D eigenvalue weighted by Crippen LogP contribution is -2.28. The van der Waals surface area contributed by atoms with Crippen LogP contribution in [0.25, 0.3) is 0 Å². The summed E-state index contributed by atoms with van der Waals surface area (Å²) in [6.45, 7) is 0.385. The van der Waals surface area contributed by atoms with E-state index in [-0.39, 0.29) is 24.2 Å². The molecule has 1 atom stereocenters. The molecular weight excluding hydrogens is 372 g/mol. The molecule has 2 aromatic rings. The van der Waals surface area contributed by atoms with Crippen LogP contribution in [-0.2, 0) is 9.59 Å². The molecule has 124 valence electrons. The molecule has 0 unspecified atom stereocenters. The number of rotatable bonds is 4. The summed E-state index contributed by atoms with van der Waals surface area (Å²) in [6, 6.07) is 14.7. The van der Waals surface area contributed by atoms with E-state index in [1.165, 1.54) is 0 Å². The van der Waals surface area contributed by atoms with Gasteiger partial charge in [-0.25, -0.2) is 0 Å². The molecule has 1 fully saturated rings. The number of benzene rings is 2. The van der Waals surface area contributed by atoms with Gasteiger partial charge in [-0.3, -0.25) is 9.59 Å². The molecule has 0 radical (unpaired) electrons. The minimum atomic E-state index is -0.368. The van der Waals surface area contributed by atoms with Crippen molar-refractivity contribution in [3.63, 3.8) is 0 Å². The van der Waals surface area contributed by atoms with Gasteiger partial charge < -0.3 is 15.0 Å². The van der Waals surface area contributed by atoms with E-state index < -0.39 is 0 Å². The fraction of sp³-hybridized carbons (Fsp3) is 0.222. The van der Waals surface area contributed by atoms with Gasteiger partial charge in [0, 0.05) is 34.9 Å². The van der Waals surface area contributed by atoms with E-state index in [1.54, 1.807) is 24.1 Å². The molecule has 6 heteroatoms. The summed E-state index contributed by atoms with van der Waals surface area (Å²) in [5.41, 5.74) is 1.47. The van der Waals surface area contributed by atoms with Crippen LogP contribution in [0.3, 0.4) is 0 Å². The summed E-state index contributed by atoms with van der Waals surface area (Å²) in [7, 11) is 1.58. The number of hydrogen-bond donors (Lipinski definition) is 1. The van der Waals surface area contributed by atoms with Crippen molar-refractivity contribution in [2.24, 2.45) is 5.92 Å². The number of amides is 2. The maximum absolute atomic E-state index is 12.5. The third-order valence-electron chi connectivity index (χ3n) is 3.97. The Morgan fingerprint density at radius 3 is 2.71 bits per heavy atom. The molecule has 2 aromatic carbocycles. The number of methoxy groups -OCH3 is 1. The van der Waals surface area contributed by atoms with Crippen molar-refractivity contribution in [3.05, 3.63) is 53.0 Å². The Balaban J connectivity index is 1.68. The molecule has 3 rings (SSSR count). The van der Waals surface area contributed by atoms with Gasteiger partial charge in [-0.15, -0.1) is 0 Å². The molecule has 1 aliphatic heterocycles. The van der Waals surface area contributed by atoms with Crippen molar-refractivity contribution < 1.29 is 14.3 Å². The third-order valence-corrected chi connectivity index (χ3v) is 4.50. The first kappa shape index (κ1) is 16.5. The smallest absolute Gasteiger partial charge is 0.229 e. The largest absolute Gasteiger partial charge is 0.497 e. The van der Waals surface area contributed by atoms with Gasteiger partial charge in [0.1, 0.15) is 5.75 Å². The van der Waals surface area contributed by atoms with Gasteiger partial charge in [0.25, 0.3) is 0 Å². The van der Waals surface area contributed by atoms with Crippen molar-refractivity contribution in [1.29, 1.82) is 0 Å². The second kappa shape index (κ2) is 7.05. The molecule has 0 aromatic heterocycles. The first-order chi connectivity index (χ1) is 11.6. The second-order valence-corrected chi connectivity index (χ2v) is 6.52. The fourth-order valence-electron chi connectivity index (χ4n) is 2.70. The molecule has 0 bridgehead atoms. The first-order valence-corrected chi connectivity index (χ1v) is 8.37. The van der Waals surface area contributed by atoms with Crippen LogP contribution in [0.1, 0.15) is 6.42 Å². The third kappa shape index (κ3) is 3.59. The highest BCUT2D eigenvalue weighted by Crippen LogP contribution is 2.27. The van der Waals surface area contributed by atoms with E-state index in [1.807, 2.05) is 36.4 Å². The number of anilines is 2. The minimum Gasteiger partial charge on any atom is -0.497 e. The quantitative estimate of drug-likeness (QED) is 0.872. The number of hydrogen-bond acceptors (Lipinski definition) is 3. The van der Waals surface area contributed by atoms with Crippen LogP contribution in [0, 0.1) is 5.92 Å². The normalized spacial score (nSPS) is 17.0. The molecule has 1 heterocycles. The average Bonchev–Trinajstić information content (AvgIpc) is 2.98. The Morgan fingerprint density at radius 1 is 1.25 bits per heavy atom. The van der Waals surface area contributed by atoms with E-state index >= 15 is 0 Å². The Hall–Kier alpha value is -2.34. The predicted octanol–water partition coefficient (Wildman–Crippen LogP) is 3.45. The molecule has 0 spiro atoms. The summed E-state index contributed by atoms with van der Waals surface area (Å²) < 4.78 is 6.10. The molecule has 2 amide bonds. The van der Waals surface area contributed by atoms with Crippen LogP contribution in [0.15, 0.2) is 53.0 Å². The maximum Gasteiger partial charge on any atom is 0.229 e. The maximum atomic E-state index is 12.5. The predicted molar refractivity (Wildman–Crippen MR) is 96.2 cm³/mol. The van der Waals surface area contributed by atoms with Gasteiger partial charge in [-0.1, -0.05) is 22.0 Å². The molecule has 0 saturated carbocycles. The number of nitrogens with one attached hydrogen (secondary N) is 1. The Bertz CT molecular complexity index is 761.